The van der Waals surface area contributed by atoms with Crippen molar-refractivity contribution in [1.29, 1.82) is 0 Å². The Morgan fingerprint density at radius 1 is 1.04 bits per heavy atom. The van der Waals surface area contributed by atoms with Crippen molar-refractivity contribution in [2.45, 2.75) is 78.4 Å². The third kappa shape index (κ3) is 10.4. The van der Waals surface area contributed by atoms with E-state index in [1.54, 1.807) is 0 Å². The fourth-order valence-electron chi connectivity index (χ4n) is 2.56. The average Bonchev–Trinajstić information content (AvgIpc) is 2.47. The van der Waals surface area contributed by atoms with E-state index in [4.69, 9.17) is 4.74 Å². The molecule has 0 aromatic carbocycles. The van der Waals surface area contributed by atoms with Gasteiger partial charge in [0.15, 0.2) is 5.96 Å². The van der Waals surface area contributed by atoms with Crippen LogP contribution in [0.15, 0.2) is 4.99 Å². The van der Waals surface area contributed by atoms with E-state index >= 15 is 0 Å². The molecule has 1 aliphatic carbocycles. The highest BCUT2D eigenvalue weighted by atomic mass is 16.6. The van der Waals surface area contributed by atoms with Crippen LogP contribution in [0, 0.1) is 5.92 Å². The first kappa shape index (κ1) is 24.0. The molecule has 1 rings (SSSR count). The number of amides is 2. The van der Waals surface area contributed by atoms with Gasteiger partial charge in [-0.05, 0) is 60.8 Å². The Balaban J connectivity index is 2.36. The molecule has 2 amide bonds. The van der Waals surface area contributed by atoms with Crippen molar-refractivity contribution in [2.75, 3.05) is 26.2 Å². The number of rotatable bonds is 9. The Morgan fingerprint density at radius 2 is 1.68 bits per heavy atom. The molecule has 0 bridgehead atoms. The van der Waals surface area contributed by atoms with Gasteiger partial charge in [0.1, 0.15) is 5.60 Å². The SMILES string of the molecule is CCNC(=NCC(C)(C)NC(=O)OC(C)(C)C)NCCCNC(=O)C1CCC1. The molecule has 0 heterocycles. The zero-order valence-corrected chi connectivity index (χ0v) is 18.4. The Hall–Kier alpha value is -1.99. The number of hydrogen-bond donors (Lipinski definition) is 4. The molecule has 0 unspecified atom stereocenters. The molecule has 0 atom stereocenters. The van der Waals surface area contributed by atoms with Gasteiger partial charge in [0.2, 0.25) is 5.91 Å². The summed E-state index contributed by atoms with van der Waals surface area (Å²) in [6.07, 6.45) is 3.58. The van der Waals surface area contributed by atoms with Crippen LogP contribution in [0.1, 0.15) is 67.2 Å². The highest BCUT2D eigenvalue weighted by Crippen LogP contribution is 2.25. The molecule has 0 aromatic rings. The van der Waals surface area contributed by atoms with Crippen molar-refractivity contribution in [1.82, 2.24) is 21.3 Å². The molecule has 0 saturated heterocycles. The van der Waals surface area contributed by atoms with Crippen molar-refractivity contribution < 1.29 is 14.3 Å². The maximum absolute atomic E-state index is 12.0. The Kier molecular flexibility index (Phi) is 9.55. The molecule has 28 heavy (non-hydrogen) atoms. The summed E-state index contributed by atoms with van der Waals surface area (Å²) in [5.41, 5.74) is -1.07. The van der Waals surface area contributed by atoms with Crippen molar-refractivity contribution >= 4 is 18.0 Å². The molecule has 0 spiro atoms. The van der Waals surface area contributed by atoms with Gasteiger partial charge in [-0.3, -0.25) is 9.79 Å². The summed E-state index contributed by atoms with van der Waals surface area (Å²) in [4.78, 5) is 28.3. The summed E-state index contributed by atoms with van der Waals surface area (Å²) >= 11 is 0. The van der Waals surface area contributed by atoms with E-state index in [9.17, 15) is 9.59 Å². The van der Waals surface area contributed by atoms with E-state index < -0.39 is 17.2 Å². The minimum atomic E-state index is -0.540. The number of alkyl carbamates (subject to hydrolysis) is 1. The second kappa shape index (κ2) is 11.1. The molecule has 1 saturated carbocycles. The van der Waals surface area contributed by atoms with Crippen LogP contribution >= 0.6 is 0 Å². The van der Waals surface area contributed by atoms with E-state index in [2.05, 4.69) is 26.3 Å². The lowest BCUT2D eigenvalue weighted by atomic mass is 9.85. The maximum Gasteiger partial charge on any atom is 0.408 e. The van der Waals surface area contributed by atoms with Crippen LogP contribution in [0.3, 0.4) is 0 Å². The van der Waals surface area contributed by atoms with Gasteiger partial charge in [-0.15, -0.1) is 0 Å². The number of carbonyl (C=O) groups excluding carboxylic acids is 2. The van der Waals surface area contributed by atoms with Gasteiger partial charge in [-0.25, -0.2) is 4.79 Å². The number of nitrogens with zero attached hydrogens (tertiary/aromatic N) is 1. The number of guanidine groups is 1. The van der Waals surface area contributed by atoms with Gasteiger partial charge in [-0.2, -0.15) is 0 Å². The maximum atomic E-state index is 12.0. The topological polar surface area (TPSA) is 104 Å². The van der Waals surface area contributed by atoms with Crippen molar-refractivity contribution in [3.63, 3.8) is 0 Å². The lowest BCUT2D eigenvalue weighted by Crippen LogP contribution is -2.49. The van der Waals surface area contributed by atoms with Crippen molar-refractivity contribution in [3.05, 3.63) is 0 Å². The second-order valence-electron chi connectivity index (χ2n) is 8.91. The molecule has 8 nitrogen and oxygen atoms in total. The first-order chi connectivity index (χ1) is 13.0. The summed E-state index contributed by atoms with van der Waals surface area (Å²) < 4.78 is 5.30. The van der Waals surface area contributed by atoms with Crippen LogP contribution in [0.25, 0.3) is 0 Å². The number of ether oxygens (including phenoxy) is 1. The highest BCUT2D eigenvalue weighted by molar-refractivity contribution is 5.80. The predicted molar refractivity (Wildman–Crippen MR) is 112 cm³/mol. The summed E-state index contributed by atoms with van der Waals surface area (Å²) in [5.74, 6) is 1.10. The van der Waals surface area contributed by atoms with Crippen LogP contribution in [-0.2, 0) is 9.53 Å². The Labute approximate surface area is 169 Å². The third-order valence-electron chi connectivity index (χ3n) is 4.24. The summed E-state index contributed by atoms with van der Waals surface area (Å²) in [6.45, 7) is 13.8. The van der Waals surface area contributed by atoms with Gasteiger partial charge in [-0.1, -0.05) is 6.42 Å². The monoisotopic (exact) mass is 397 g/mol. The largest absolute Gasteiger partial charge is 0.444 e. The second-order valence-corrected chi connectivity index (χ2v) is 8.91. The quantitative estimate of drug-likeness (QED) is 0.271. The van der Waals surface area contributed by atoms with Crippen LogP contribution in [0.2, 0.25) is 0 Å². The lowest BCUT2D eigenvalue weighted by molar-refractivity contribution is -0.127. The van der Waals surface area contributed by atoms with Gasteiger partial charge in [0.05, 0.1) is 12.1 Å². The van der Waals surface area contributed by atoms with E-state index in [-0.39, 0.29) is 11.8 Å². The molecule has 1 fully saturated rings. The molecule has 8 heteroatoms. The molecule has 0 aromatic heterocycles. The predicted octanol–water partition coefficient (Wildman–Crippen LogP) is 2.15. The van der Waals surface area contributed by atoms with Gasteiger partial charge >= 0.3 is 6.09 Å². The van der Waals surface area contributed by atoms with Gasteiger partial charge in [0, 0.05) is 25.6 Å². The molecular formula is C20H39N5O3. The highest BCUT2D eigenvalue weighted by Gasteiger charge is 2.25. The van der Waals surface area contributed by atoms with Crippen LogP contribution in [0.4, 0.5) is 4.79 Å². The number of hydrogen-bond acceptors (Lipinski definition) is 4. The molecule has 0 radical (unpaired) electrons. The van der Waals surface area contributed by atoms with Crippen molar-refractivity contribution in [3.8, 4) is 0 Å². The molecule has 4 N–H and O–H groups in total. The number of aliphatic imine (C=N–C) groups is 1. The van der Waals surface area contributed by atoms with Gasteiger partial charge in [0.25, 0.3) is 0 Å². The zero-order chi connectivity index (χ0) is 21.2. The first-order valence-electron chi connectivity index (χ1n) is 10.3. The molecule has 1 aliphatic rings. The zero-order valence-electron chi connectivity index (χ0n) is 18.4. The van der Waals surface area contributed by atoms with Crippen LogP contribution in [-0.4, -0.2) is 55.3 Å². The summed E-state index contributed by atoms with van der Waals surface area (Å²) in [5, 5.41) is 12.3. The van der Waals surface area contributed by atoms with Crippen LogP contribution in [0.5, 0.6) is 0 Å². The van der Waals surface area contributed by atoms with E-state index in [1.165, 1.54) is 6.42 Å². The number of carbonyl (C=O) groups is 2. The molecular weight excluding hydrogens is 358 g/mol. The fraction of sp³-hybridized carbons (Fsp3) is 0.850. The smallest absolute Gasteiger partial charge is 0.408 e. The summed E-state index contributed by atoms with van der Waals surface area (Å²) in [7, 11) is 0. The fourth-order valence-corrected chi connectivity index (χ4v) is 2.56. The van der Waals surface area contributed by atoms with Crippen LogP contribution < -0.4 is 21.3 Å². The Bertz CT molecular complexity index is 536. The van der Waals surface area contributed by atoms with E-state index in [0.29, 0.717) is 25.6 Å². The Morgan fingerprint density at radius 3 is 2.21 bits per heavy atom. The standard InChI is InChI=1S/C20H39N5O3/c1-7-21-17(23-13-9-12-22-16(26)15-10-8-11-15)24-14-20(5,6)25-18(27)28-19(2,3)4/h15H,7-14H2,1-6H3,(H,22,26)(H,25,27)(H2,21,23,24). The normalized spacial score (nSPS) is 15.4. The van der Waals surface area contributed by atoms with E-state index in [0.717, 1.165) is 25.8 Å². The molecule has 0 aliphatic heterocycles. The number of nitrogens with one attached hydrogen (secondary N) is 4. The minimum absolute atomic E-state index is 0.182. The summed E-state index contributed by atoms with van der Waals surface area (Å²) in [6, 6.07) is 0. The van der Waals surface area contributed by atoms with Crippen molar-refractivity contribution in [2.24, 2.45) is 10.9 Å². The third-order valence-corrected chi connectivity index (χ3v) is 4.24. The average molecular weight is 398 g/mol. The van der Waals surface area contributed by atoms with Gasteiger partial charge < -0.3 is 26.0 Å². The first-order valence-corrected chi connectivity index (χ1v) is 10.3. The lowest BCUT2D eigenvalue weighted by Gasteiger charge is -2.27. The van der Waals surface area contributed by atoms with E-state index in [1.807, 2.05) is 41.5 Å². The minimum Gasteiger partial charge on any atom is -0.444 e. The molecule has 162 valence electrons.